The van der Waals surface area contributed by atoms with Gasteiger partial charge in [0.2, 0.25) is 0 Å². The molecule has 5 rings (SSSR count). The van der Waals surface area contributed by atoms with E-state index in [1.807, 2.05) is 37.4 Å². The summed E-state index contributed by atoms with van der Waals surface area (Å²) < 4.78 is 23.6. The van der Waals surface area contributed by atoms with Crippen LogP contribution in [0.2, 0.25) is 0 Å². The van der Waals surface area contributed by atoms with Crippen LogP contribution in [0.4, 0.5) is 4.79 Å². The maximum absolute atomic E-state index is 14.2. The van der Waals surface area contributed by atoms with Gasteiger partial charge in [0.05, 0.1) is 36.9 Å². The molecule has 10 nitrogen and oxygen atoms in total. The lowest BCUT2D eigenvalue weighted by atomic mass is 9.88. The number of carbonyl (C=O) groups is 3. The van der Waals surface area contributed by atoms with Crippen LogP contribution in [-0.2, 0) is 19.1 Å². The lowest BCUT2D eigenvalue weighted by Crippen LogP contribution is -2.46. The number of likely N-dealkylation sites (tertiary alicyclic amines) is 1. The summed E-state index contributed by atoms with van der Waals surface area (Å²) in [6, 6.07) is 4.80. The summed E-state index contributed by atoms with van der Waals surface area (Å²) in [6.45, 7) is 19.3. The highest BCUT2D eigenvalue weighted by Crippen LogP contribution is 2.57. The molecule has 5 atom stereocenters. The van der Waals surface area contributed by atoms with Gasteiger partial charge in [0.1, 0.15) is 39.9 Å². The summed E-state index contributed by atoms with van der Waals surface area (Å²) in [5.74, 6) is 0.294. The molecule has 0 bridgehead atoms. The van der Waals surface area contributed by atoms with Gasteiger partial charge in [0.15, 0.2) is 5.78 Å². The standard InChI is InChI=1S/C37H47N3O7S/c1-11-23-16-37(23,34(42)45-12-2)17-27(41)32-22(6)30(18-40(32)35(43)47-36(7,8)9)46-29-15-25(33-39-26(19-48-33)20(3)4)38-31-21(5)28(44-10)14-13-24(29)31/h11,13-15,19-20,22-23,30,32H,1,12,16-18H2,2-10H3/t22-,23-,30+,32+,37-/m1/s1. The molecule has 0 radical (unpaired) electrons. The van der Waals surface area contributed by atoms with E-state index >= 15 is 0 Å². The van der Waals surface area contributed by atoms with Crippen molar-refractivity contribution in [3.05, 3.63) is 47.5 Å². The average Bonchev–Trinajstić information content (AvgIpc) is 3.33. The van der Waals surface area contributed by atoms with Crippen molar-refractivity contribution in [1.29, 1.82) is 0 Å². The number of methoxy groups -OCH3 is 1. The van der Waals surface area contributed by atoms with E-state index in [0.717, 1.165) is 21.7 Å². The minimum Gasteiger partial charge on any atom is -0.496 e. The third-order valence-corrected chi connectivity index (χ3v) is 10.2. The second-order valence-corrected chi connectivity index (χ2v) is 15.0. The van der Waals surface area contributed by atoms with Crippen molar-refractivity contribution < 1.29 is 33.3 Å². The predicted octanol–water partition coefficient (Wildman–Crippen LogP) is 7.52. The number of Topliss-reactive ketones (excluding diaryl/α,β-unsaturated/α-hetero) is 1. The monoisotopic (exact) mass is 677 g/mol. The van der Waals surface area contributed by atoms with Crippen molar-refractivity contribution in [2.24, 2.45) is 17.3 Å². The zero-order valence-electron chi connectivity index (χ0n) is 29.4. The highest BCUT2D eigenvalue weighted by molar-refractivity contribution is 7.13. The number of hydrogen-bond acceptors (Lipinski definition) is 10. The zero-order valence-corrected chi connectivity index (χ0v) is 30.2. The zero-order chi connectivity index (χ0) is 35.1. The van der Waals surface area contributed by atoms with Gasteiger partial charge in [-0.1, -0.05) is 26.8 Å². The summed E-state index contributed by atoms with van der Waals surface area (Å²) >= 11 is 1.52. The molecule has 1 aromatic carbocycles. The third kappa shape index (κ3) is 6.79. The number of hydrogen-bond donors (Lipinski definition) is 0. The first-order valence-corrected chi connectivity index (χ1v) is 17.4. The average molecular weight is 678 g/mol. The van der Waals surface area contributed by atoms with Gasteiger partial charge in [-0.05, 0) is 65.0 Å². The van der Waals surface area contributed by atoms with Crippen molar-refractivity contribution in [2.45, 2.75) is 91.9 Å². The number of benzene rings is 1. The number of esters is 1. The number of aryl methyl sites for hydroxylation is 1. The number of carbonyl (C=O) groups excluding carboxylic acids is 3. The molecule has 11 heteroatoms. The van der Waals surface area contributed by atoms with Gasteiger partial charge in [0, 0.05) is 34.7 Å². The van der Waals surface area contributed by atoms with Crippen LogP contribution in [0.5, 0.6) is 11.5 Å². The first-order chi connectivity index (χ1) is 22.6. The fraction of sp³-hybridized carbons (Fsp3) is 0.541. The minimum atomic E-state index is -0.970. The largest absolute Gasteiger partial charge is 0.496 e. The van der Waals surface area contributed by atoms with E-state index in [4.69, 9.17) is 28.9 Å². The van der Waals surface area contributed by atoms with Crippen molar-refractivity contribution in [2.75, 3.05) is 20.3 Å². The molecule has 48 heavy (non-hydrogen) atoms. The van der Waals surface area contributed by atoms with E-state index in [2.05, 4.69) is 20.4 Å². The second kappa shape index (κ2) is 13.5. The van der Waals surface area contributed by atoms with Crippen molar-refractivity contribution in [1.82, 2.24) is 14.9 Å². The van der Waals surface area contributed by atoms with Crippen LogP contribution >= 0.6 is 11.3 Å². The van der Waals surface area contributed by atoms with Crippen LogP contribution in [0, 0.1) is 24.2 Å². The van der Waals surface area contributed by atoms with E-state index < -0.39 is 41.1 Å². The molecule has 0 unspecified atom stereocenters. The molecule has 3 heterocycles. The molecule has 1 saturated carbocycles. The van der Waals surface area contributed by atoms with Gasteiger partial charge in [0.25, 0.3) is 0 Å². The van der Waals surface area contributed by atoms with E-state index in [9.17, 15) is 14.4 Å². The smallest absolute Gasteiger partial charge is 0.411 e. The molecule has 3 aromatic rings. The SMILES string of the molecule is C=C[C@@H]1C[C@]1(CC(=O)[C@@H]1[C@H](C)[C@@H](Oc2cc(-c3nc(C(C)C)cs3)nc3c(C)c(OC)ccc23)CN1C(=O)OC(C)(C)C)C(=O)OCC. The second-order valence-electron chi connectivity index (χ2n) is 14.2. The molecule has 1 amide bonds. The summed E-state index contributed by atoms with van der Waals surface area (Å²) in [5, 5.41) is 3.58. The Kier molecular flexibility index (Phi) is 9.93. The topological polar surface area (TPSA) is 117 Å². The molecule has 1 aliphatic heterocycles. The number of fused-ring (bicyclic) bond motifs is 1. The Morgan fingerprint density at radius 1 is 1.19 bits per heavy atom. The van der Waals surface area contributed by atoms with E-state index in [1.165, 1.54) is 16.2 Å². The molecule has 2 fully saturated rings. The Morgan fingerprint density at radius 2 is 1.92 bits per heavy atom. The van der Waals surface area contributed by atoms with Crippen LogP contribution in [-0.4, -0.2) is 70.7 Å². The minimum absolute atomic E-state index is 0.0624. The molecule has 258 valence electrons. The van der Waals surface area contributed by atoms with Gasteiger partial charge >= 0.3 is 12.1 Å². The Labute approximate surface area is 286 Å². The first-order valence-electron chi connectivity index (χ1n) is 16.6. The summed E-state index contributed by atoms with van der Waals surface area (Å²) in [4.78, 5) is 52.2. The number of nitrogens with zero attached hydrogens (tertiary/aromatic N) is 3. The Bertz CT molecular complexity index is 1730. The van der Waals surface area contributed by atoms with Crippen LogP contribution in [0.3, 0.4) is 0 Å². The highest BCUT2D eigenvalue weighted by atomic mass is 32.1. The van der Waals surface area contributed by atoms with E-state index in [-0.39, 0.29) is 37.2 Å². The van der Waals surface area contributed by atoms with E-state index in [1.54, 1.807) is 40.9 Å². The summed E-state index contributed by atoms with van der Waals surface area (Å²) in [5.41, 5.74) is 1.46. The van der Waals surface area contributed by atoms with Crippen LogP contribution in [0.15, 0.2) is 36.2 Å². The van der Waals surface area contributed by atoms with Gasteiger partial charge in [-0.15, -0.1) is 17.9 Å². The normalized spacial score (nSPS) is 23.7. The highest BCUT2D eigenvalue weighted by Gasteiger charge is 2.62. The number of allylic oxidation sites excluding steroid dienone is 1. The number of thiazole rings is 1. The first kappa shape index (κ1) is 35.3. The molecular weight excluding hydrogens is 630 g/mol. The molecule has 2 aliphatic rings. The Balaban J connectivity index is 1.53. The molecule has 1 saturated heterocycles. The maximum Gasteiger partial charge on any atom is 0.411 e. The lowest BCUT2D eigenvalue weighted by molar-refractivity contribution is -0.152. The molecular formula is C37H47N3O7S. The van der Waals surface area contributed by atoms with Crippen molar-refractivity contribution in [3.8, 4) is 22.2 Å². The van der Waals surface area contributed by atoms with Gasteiger partial charge in [-0.3, -0.25) is 14.5 Å². The quantitative estimate of drug-likeness (QED) is 0.150. The predicted molar refractivity (Wildman–Crippen MR) is 186 cm³/mol. The number of pyridine rings is 1. The van der Waals surface area contributed by atoms with Gasteiger partial charge < -0.3 is 18.9 Å². The molecule has 1 aliphatic carbocycles. The number of aromatic nitrogens is 2. The molecule has 0 spiro atoms. The molecule has 0 N–H and O–H groups in total. The summed E-state index contributed by atoms with van der Waals surface area (Å²) in [6.07, 6.45) is 0.953. The van der Waals surface area contributed by atoms with Gasteiger partial charge in [-0.2, -0.15) is 0 Å². The number of ether oxygens (including phenoxy) is 4. The van der Waals surface area contributed by atoms with Crippen molar-refractivity contribution >= 4 is 40.1 Å². The number of rotatable bonds is 11. The Hall–Kier alpha value is -3.99. The van der Waals surface area contributed by atoms with Crippen molar-refractivity contribution in [3.63, 3.8) is 0 Å². The van der Waals surface area contributed by atoms with Gasteiger partial charge in [-0.25, -0.2) is 14.8 Å². The molecule has 2 aromatic heterocycles. The van der Waals surface area contributed by atoms with Crippen LogP contribution < -0.4 is 9.47 Å². The van der Waals surface area contributed by atoms with Crippen LogP contribution in [0.1, 0.15) is 78.5 Å². The third-order valence-electron chi connectivity index (χ3n) is 9.32. The van der Waals surface area contributed by atoms with E-state index in [0.29, 0.717) is 29.1 Å². The number of ketones is 1. The maximum atomic E-state index is 14.2. The lowest BCUT2D eigenvalue weighted by Gasteiger charge is -2.29. The summed E-state index contributed by atoms with van der Waals surface area (Å²) in [7, 11) is 1.62. The van der Waals surface area contributed by atoms with Crippen LogP contribution in [0.25, 0.3) is 21.6 Å². The fourth-order valence-corrected chi connectivity index (χ4v) is 7.50. The Morgan fingerprint density at radius 3 is 2.50 bits per heavy atom. The number of amides is 1. The fourth-order valence-electron chi connectivity index (χ4n) is 6.56.